The van der Waals surface area contributed by atoms with Gasteiger partial charge in [0.25, 0.3) is 11.8 Å². The lowest BCUT2D eigenvalue weighted by molar-refractivity contribution is -0.119. The summed E-state index contributed by atoms with van der Waals surface area (Å²) >= 11 is 8.10. The van der Waals surface area contributed by atoms with Gasteiger partial charge >= 0.3 is 0 Å². The van der Waals surface area contributed by atoms with Crippen molar-refractivity contribution < 1.29 is 19.1 Å². The van der Waals surface area contributed by atoms with Crippen molar-refractivity contribution in [1.82, 2.24) is 0 Å². The molecule has 0 aliphatic heterocycles. The first-order valence-electron chi connectivity index (χ1n) is 9.33. The molecule has 0 aromatic heterocycles. The molecule has 0 atom stereocenters. The SMILES string of the molecule is COc1cc(C(=O)Nc2ccc(SC3CCCC3)cc2)cc(Cl)c1OCC(N)=O. The molecule has 2 aromatic rings. The maximum atomic E-state index is 12.6. The van der Waals surface area contributed by atoms with Gasteiger partial charge in [-0.05, 0) is 49.2 Å². The van der Waals surface area contributed by atoms with Crippen LogP contribution in [0.5, 0.6) is 11.5 Å². The Kier molecular flexibility index (Phi) is 7.28. The molecule has 2 amide bonds. The molecule has 1 fully saturated rings. The summed E-state index contributed by atoms with van der Waals surface area (Å²) in [6.45, 7) is -0.340. The number of ether oxygens (including phenoxy) is 2. The lowest BCUT2D eigenvalue weighted by Gasteiger charge is -2.14. The van der Waals surface area contributed by atoms with E-state index in [1.54, 1.807) is 0 Å². The van der Waals surface area contributed by atoms with Gasteiger partial charge in [0.05, 0.1) is 12.1 Å². The predicted molar refractivity (Wildman–Crippen MR) is 115 cm³/mol. The molecular formula is C21H23ClN2O4S. The van der Waals surface area contributed by atoms with E-state index in [4.69, 9.17) is 26.8 Å². The summed E-state index contributed by atoms with van der Waals surface area (Å²) in [4.78, 5) is 24.8. The molecule has 6 nitrogen and oxygen atoms in total. The Morgan fingerprint density at radius 1 is 1.21 bits per heavy atom. The van der Waals surface area contributed by atoms with Crippen LogP contribution in [0.2, 0.25) is 5.02 Å². The number of carbonyl (C=O) groups excluding carboxylic acids is 2. The number of hydrogen-bond donors (Lipinski definition) is 2. The number of amides is 2. The Labute approximate surface area is 179 Å². The number of thioether (sulfide) groups is 1. The molecule has 0 bridgehead atoms. The average Bonchev–Trinajstić information content (AvgIpc) is 3.20. The van der Waals surface area contributed by atoms with E-state index >= 15 is 0 Å². The molecule has 3 N–H and O–H groups in total. The van der Waals surface area contributed by atoms with Gasteiger partial charge in [-0.1, -0.05) is 24.4 Å². The van der Waals surface area contributed by atoms with E-state index in [2.05, 4.69) is 5.32 Å². The number of benzene rings is 2. The van der Waals surface area contributed by atoms with Crippen LogP contribution in [0.4, 0.5) is 5.69 Å². The molecule has 29 heavy (non-hydrogen) atoms. The molecule has 0 heterocycles. The minimum Gasteiger partial charge on any atom is -0.493 e. The number of primary amides is 1. The molecule has 0 radical (unpaired) electrons. The van der Waals surface area contributed by atoms with Gasteiger partial charge in [-0.3, -0.25) is 9.59 Å². The fourth-order valence-corrected chi connectivity index (χ4v) is 4.67. The van der Waals surface area contributed by atoms with Crippen molar-refractivity contribution in [1.29, 1.82) is 0 Å². The zero-order valence-corrected chi connectivity index (χ0v) is 17.6. The minimum absolute atomic E-state index is 0.152. The van der Waals surface area contributed by atoms with Crippen LogP contribution in [-0.2, 0) is 4.79 Å². The monoisotopic (exact) mass is 434 g/mol. The van der Waals surface area contributed by atoms with Gasteiger partial charge in [0.2, 0.25) is 0 Å². The third-order valence-corrected chi connectivity index (χ3v) is 6.20. The number of carbonyl (C=O) groups is 2. The summed E-state index contributed by atoms with van der Waals surface area (Å²) in [6, 6.07) is 10.8. The molecule has 1 aliphatic carbocycles. The summed E-state index contributed by atoms with van der Waals surface area (Å²) < 4.78 is 10.5. The van der Waals surface area contributed by atoms with E-state index in [-0.39, 0.29) is 29.0 Å². The van der Waals surface area contributed by atoms with Crippen molar-refractivity contribution in [3.05, 3.63) is 47.0 Å². The van der Waals surface area contributed by atoms with E-state index in [9.17, 15) is 9.59 Å². The quantitative estimate of drug-likeness (QED) is 0.638. The van der Waals surface area contributed by atoms with Crippen molar-refractivity contribution in [2.24, 2.45) is 5.73 Å². The Hall–Kier alpha value is -2.38. The number of anilines is 1. The Bertz CT molecular complexity index is 883. The standard InChI is InChI=1S/C21H23ClN2O4S/c1-27-18-11-13(10-17(22)20(18)28-12-19(23)25)21(26)24-14-6-8-16(9-7-14)29-15-4-2-3-5-15/h6-11,15H,2-5,12H2,1H3,(H2,23,25)(H,24,26). The van der Waals surface area contributed by atoms with Crippen LogP contribution in [0.15, 0.2) is 41.3 Å². The maximum Gasteiger partial charge on any atom is 0.255 e. The normalized spacial score (nSPS) is 13.9. The summed E-state index contributed by atoms with van der Waals surface area (Å²) in [5, 5.41) is 3.70. The van der Waals surface area contributed by atoms with E-state index < -0.39 is 5.91 Å². The van der Waals surface area contributed by atoms with Crippen molar-refractivity contribution >= 4 is 40.9 Å². The van der Waals surface area contributed by atoms with E-state index in [1.807, 2.05) is 36.0 Å². The van der Waals surface area contributed by atoms with E-state index in [0.29, 0.717) is 16.5 Å². The van der Waals surface area contributed by atoms with Crippen molar-refractivity contribution in [2.75, 3.05) is 19.0 Å². The van der Waals surface area contributed by atoms with Crippen LogP contribution < -0.4 is 20.5 Å². The van der Waals surface area contributed by atoms with Crippen LogP contribution in [0, 0.1) is 0 Å². The summed E-state index contributed by atoms with van der Waals surface area (Å²) in [5.41, 5.74) is 6.09. The van der Waals surface area contributed by atoms with Gasteiger partial charge in [0.15, 0.2) is 18.1 Å². The third-order valence-electron chi connectivity index (χ3n) is 4.57. The van der Waals surface area contributed by atoms with Crippen LogP contribution in [0.3, 0.4) is 0 Å². The number of methoxy groups -OCH3 is 1. The maximum absolute atomic E-state index is 12.6. The highest BCUT2D eigenvalue weighted by atomic mass is 35.5. The molecule has 1 saturated carbocycles. The number of hydrogen-bond acceptors (Lipinski definition) is 5. The highest BCUT2D eigenvalue weighted by Crippen LogP contribution is 2.37. The van der Waals surface area contributed by atoms with Gasteiger partial charge in [0, 0.05) is 21.4 Å². The zero-order chi connectivity index (χ0) is 20.8. The summed E-state index contributed by atoms with van der Waals surface area (Å²) in [7, 11) is 1.42. The first-order chi connectivity index (χ1) is 14.0. The highest BCUT2D eigenvalue weighted by Gasteiger charge is 2.18. The fourth-order valence-electron chi connectivity index (χ4n) is 3.15. The molecule has 0 spiro atoms. The molecule has 8 heteroatoms. The second-order valence-electron chi connectivity index (χ2n) is 6.75. The van der Waals surface area contributed by atoms with E-state index in [0.717, 1.165) is 0 Å². The zero-order valence-electron chi connectivity index (χ0n) is 16.1. The Morgan fingerprint density at radius 2 is 1.90 bits per heavy atom. The lowest BCUT2D eigenvalue weighted by atomic mass is 10.1. The molecule has 0 unspecified atom stereocenters. The minimum atomic E-state index is -0.639. The number of rotatable bonds is 8. The van der Waals surface area contributed by atoms with Crippen molar-refractivity contribution in [3.8, 4) is 11.5 Å². The molecule has 0 saturated heterocycles. The van der Waals surface area contributed by atoms with Crippen LogP contribution in [-0.4, -0.2) is 30.8 Å². The van der Waals surface area contributed by atoms with Gasteiger partial charge < -0.3 is 20.5 Å². The Morgan fingerprint density at radius 3 is 2.52 bits per heavy atom. The molecule has 1 aliphatic rings. The topological polar surface area (TPSA) is 90.7 Å². The third kappa shape index (κ3) is 5.81. The van der Waals surface area contributed by atoms with Gasteiger partial charge in [-0.25, -0.2) is 0 Å². The summed E-state index contributed by atoms with van der Waals surface area (Å²) in [5.74, 6) is -0.563. The number of nitrogens with two attached hydrogens (primary N) is 1. The van der Waals surface area contributed by atoms with Gasteiger partial charge in [-0.15, -0.1) is 11.8 Å². The second kappa shape index (κ2) is 9.89. The van der Waals surface area contributed by atoms with Crippen LogP contribution in [0.25, 0.3) is 0 Å². The first kappa shape index (κ1) is 21.3. The van der Waals surface area contributed by atoms with Gasteiger partial charge in [0.1, 0.15) is 0 Å². The smallest absolute Gasteiger partial charge is 0.255 e. The van der Waals surface area contributed by atoms with Gasteiger partial charge in [-0.2, -0.15) is 0 Å². The number of halogens is 1. The lowest BCUT2D eigenvalue weighted by Crippen LogP contribution is -2.20. The second-order valence-corrected chi connectivity index (χ2v) is 8.53. The molecular weight excluding hydrogens is 412 g/mol. The van der Waals surface area contributed by atoms with Crippen molar-refractivity contribution in [3.63, 3.8) is 0 Å². The predicted octanol–water partition coefficient (Wildman–Crippen LogP) is 4.50. The molecule has 154 valence electrons. The average molecular weight is 435 g/mol. The Balaban J connectivity index is 1.68. The molecule has 3 rings (SSSR count). The molecule has 2 aromatic carbocycles. The van der Waals surface area contributed by atoms with Crippen LogP contribution >= 0.6 is 23.4 Å². The first-order valence-corrected chi connectivity index (χ1v) is 10.6. The van der Waals surface area contributed by atoms with Crippen molar-refractivity contribution in [2.45, 2.75) is 35.8 Å². The summed E-state index contributed by atoms with van der Waals surface area (Å²) in [6.07, 6.45) is 5.16. The number of nitrogens with one attached hydrogen (secondary N) is 1. The largest absolute Gasteiger partial charge is 0.493 e. The highest BCUT2D eigenvalue weighted by molar-refractivity contribution is 8.00. The fraction of sp³-hybridized carbons (Fsp3) is 0.333. The van der Waals surface area contributed by atoms with Crippen LogP contribution in [0.1, 0.15) is 36.0 Å². The van der Waals surface area contributed by atoms with E-state index in [1.165, 1.54) is 49.8 Å².